The molecule has 0 fully saturated rings. The zero-order chi connectivity index (χ0) is 19.0. The van der Waals surface area contributed by atoms with Crippen LogP contribution in [0.4, 0.5) is 5.69 Å². The summed E-state index contributed by atoms with van der Waals surface area (Å²) in [5.74, 6) is 0.155. The Balaban J connectivity index is 2.19. The van der Waals surface area contributed by atoms with Gasteiger partial charge in [-0.2, -0.15) is 0 Å². The molecular formula is C18H18N4O4. The Hall–Kier alpha value is -3.42. The van der Waals surface area contributed by atoms with Crippen LogP contribution < -0.4 is 21.3 Å². The zero-order valence-corrected chi connectivity index (χ0v) is 14.9. The van der Waals surface area contributed by atoms with E-state index < -0.39 is 17.2 Å². The number of benzene rings is 1. The SMILES string of the molecule is COc1cccc(C(=O)Nc2c(C)cnc3c2c(=O)n(C)c(=O)n3C)c1. The van der Waals surface area contributed by atoms with Crippen LogP contribution in [0.25, 0.3) is 11.0 Å². The number of aryl methyl sites for hydroxylation is 2. The van der Waals surface area contributed by atoms with Gasteiger partial charge in [-0.1, -0.05) is 6.07 Å². The van der Waals surface area contributed by atoms with Crippen molar-refractivity contribution < 1.29 is 9.53 Å². The van der Waals surface area contributed by atoms with Crippen molar-refractivity contribution in [3.05, 3.63) is 62.4 Å². The van der Waals surface area contributed by atoms with E-state index in [4.69, 9.17) is 4.74 Å². The lowest BCUT2D eigenvalue weighted by molar-refractivity contribution is 0.102. The summed E-state index contributed by atoms with van der Waals surface area (Å²) in [6.45, 7) is 1.73. The average Bonchev–Trinajstić information content (AvgIpc) is 2.66. The van der Waals surface area contributed by atoms with E-state index in [0.29, 0.717) is 22.6 Å². The summed E-state index contributed by atoms with van der Waals surface area (Å²) in [7, 11) is 4.43. The topological polar surface area (TPSA) is 95.2 Å². The van der Waals surface area contributed by atoms with E-state index in [9.17, 15) is 14.4 Å². The minimum Gasteiger partial charge on any atom is -0.497 e. The van der Waals surface area contributed by atoms with Gasteiger partial charge in [-0.05, 0) is 30.7 Å². The Morgan fingerprint density at radius 1 is 1.19 bits per heavy atom. The molecule has 0 unspecified atom stereocenters. The Kier molecular flexibility index (Phi) is 4.33. The van der Waals surface area contributed by atoms with Crippen LogP contribution >= 0.6 is 0 Å². The number of pyridine rings is 1. The van der Waals surface area contributed by atoms with E-state index in [1.54, 1.807) is 31.2 Å². The molecule has 2 aromatic heterocycles. The van der Waals surface area contributed by atoms with E-state index in [2.05, 4.69) is 10.3 Å². The fraction of sp³-hybridized carbons (Fsp3) is 0.222. The molecule has 0 aliphatic carbocycles. The van der Waals surface area contributed by atoms with E-state index in [0.717, 1.165) is 4.57 Å². The molecule has 8 heteroatoms. The van der Waals surface area contributed by atoms with Crippen LogP contribution in [0.1, 0.15) is 15.9 Å². The van der Waals surface area contributed by atoms with Crippen LogP contribution in [-0.4, -0.2) is 27.1 Å². The van der Waals surface area contributed by atoms with Crippen LogP contribution in [-0.2, 0) is 14.1 Å². The number of nitrogens with one attached hydrogen (secondary N) is 1. The summed E-state index contributed by atoms with van der Waals surface area (Å²) in [6, 6.07) is 6.68. The van der Waals surface area contributed by atoms with E-state index in [1.807, 2.05) is 0 Å². The first kappa shape index (κ1) is 17.4. The van der Waals surface area contributed by atoms with E-state index in [-0.39, 0.29) is 11.0 Å². The molecule has 3 aromatic rings. The summed E-state index contributed by atoms with van der Waals surface area (Å²) in [5.41, 5.74) is 0.549. The molecule has 26 heavy (non-hydrogen) atoms. The second-order valence-electron chi connectivity index (χ2n) is 5.91. The summed E-state index contributed by atoms with van der Waals surface area (Å²) in [6.07, 6.45) is 1.52. The quantitative estimate of drug-likeness (QED) is 0.763. The van der Waals surface area contributed by atoms with Gasteiger partial charge in [0.2, 0.25) is 0 Å². The number of methoxy groups -OCH3 is 1. The second kappa shape index (κ2) is 6.47. The number of hydrogen-bond donors (Lipinski definition) is 1. The smallest absolute Gasteiger partial charge is 0.332 e. The number of rotatable bonds is 3. The Bertz CT molecular complexity index is 1140. The van der Waals surface area contributed by atoms with Gasteiger partial charge in [-0.15, -0.1) is 0 Å². The molecule has 0 aliphatic heterocycles. The molecule has 1 amide bonds. The third kappa shape index (κ3) is 2.75. The predicted molar refractivity (Wildman–Crippen MR) is 97.9 cm³/mol. The van der Waals surface area contributed by atoms with Gasteiger partial charge in [0.15, 0.2) is 5.65 Å². The Labute approximate surface area is 148 Å². The number of ether oxygens (including phenoxy) is 1. The van der Waals surface area contributed by atoms with Gasteiger partial charge in [0, 0.05) is 25.9 Å². The Morgan fingerprint density at radius 2 is 1.92 bits per heavy atom. The first-order valence-electron chi connectivity index (χ1n) is 7.86. The second-order valence-corrected chi connectivity index (χ2v) is 5.91. The fourth-order valence-electron chi connectivity index (χ4n) is 2.73. The maximum atomic E-state index is 12.7. The van der Waals surface area contributed by atoms with E-state index >= 15 is 0 Å². The number of anilines is 1. The van der Waals surface area contributed by atoms with Crippen LogP contribution in [0.5, 0.6) is 5.75 Å². The van der Waals surface area contributed by atoms with Crippen molar-refractivity contribution in [2.45, 2.75) is 6.92 Å². The van der Waals surface area contributed by atoms with Gasteiger partial charge in [0.05, 0.1) is 12.8 Å². The molecule has 0 atom stereocenters. The molecule has 134 valence electrons. The van der Waals surface area contributed by atoms with Gasteiger partial charge < -0.3 is 10.1 Å². The molecule has 0 radical (unpaired) electrons. The summed E-state index contributed by atoms with van der Waals surface area (Å²) < 4.78 is 7.40. The lowest BCUT2D eigenvalue weighted by Crippen LogP contribution is -2.37. The molecule has 0 spiro atoms. The number of carbonyl (C=O) groups is 1. The van der Waals surface area contributed by atoms with Crippen LogP contribution in [0.2, 0.25) is 0 Å². The van der Waals surface area contributed by atoms with Gasteiger partial charge in [-0.25, -0.2) is 9.78 Å². The van der Waals surface area contributed by atoms with Crippen molar-refractivity contribution in [3.63, 3.8) is 0 Å². The summed E-state index contributed by atoms with van der Waals surface area (Å²) >= 11 is 0. The monoisotopic (exact) mass is 354 g/mol. The number of hydrogen-bond acceptors (Lipinski definition) is 5. The molecule has 0 saturated heterocycles. The molecule has 0 aliphatic rings. The number of carbonyl (C=O) groups excluding carboxylic acids is 1. The largest absolute Gasteiger partial charge is 0.497 e. The zero-order valence-electron chi connectivity index (χ0n) is 14.9. The molecule has 0 saturated carbocycles. The van der Waals surface area contributed by atoms with Crippen molar-refractivity contribution in [1.29, 1.82) is 0 Å². The maximum Gasteiger partial charge on any atom is 0.332 e. The molecular weight excluding hydrogens is 336 g/mol. The highest BCUT2D eigenvalue weighted by Crippen LogP contribution is 2.23. The van der Waals surface area contributed by atoms with Crippen molar-refractivity contribution >= 4 is 22.6 Å². The molecule has 8 nitrogen and oxygen atoms in total. The van der Waals surface area contributed by atoms with Crippen LogP contribution in [0, 0.1) is 6.92 Å². The van der Waals surface area contributed by atoms with Crippen LogP contribution in [0.15, 0.2) is 40.1 Å². The number of nitrogens with zero attached hydrogens (tertiary/aromatic N) is 3. The fourth-order valence-corrected chi connectivity index (χ4v) is 2.73. The third-order valence-electron chi connectivity index (χ3n) is 4.23. The first-order valence-corrected chi connectivity index (χ1v) is 7.86. The number of fused-ring (bicyclic) bond motifs is 1. The molecule has 3 rings (SSSR count). The average molecular weight is 354 g/mol. The number of aromatic nitrogens is 3. The van der Waals surface area contributed by atoms with Crippen molar-refractivity contribution in [3.8, 4) is 5.75 Å². The first-order chi connectivity index (χ1) is 12.3. The lowest BCUT2D eigenvalue weighted by Gasteiger charge is -2.14. The molecule has 0 bridgehead atoms. The summed E-state index contributed by atoms with van der Waals surface area (Å²) in [5, 5.41) is 2.96. The minimum atomic E-state index is -0.514. The Morgan fingerprint density at radius 3 is 2.62 bits per heavy atom. The molecule has 1 aromatic carbocycles. The molecule has 2 heterocycles. The highest BCUT2D eigenvalue weighted by atomic mass is 16.5. The van der Waals surface area contributed by atoms with Crippen molar-refractivity contribution in [1.82, 2.24) is 14.1 Å². The normalized spacial score (nSPS) is 10.8. The highest BCUT2D eigenvalue weighted by molar-refractivity contribution is 6.09. The predicted octanol–water partition coefficient (Wildman–Crippen LogP) is 1.20. The van der Waals surface area contributed by atoms with Gasteiger partial charge in [0.1, 0.15) is 11.1 Å². The minimum absolute atomic E-state index is 0.186. The van der Waals surface area contributed by atoms with Gasteiger partial charge >= 0.3 is 5.69 Å². The van der Waals surface area contributed by atoms with Gasteiger partial charge in [-0.3, -0.25) is 18.7 Å². The third-order valence-corrected chi connectivity index (χ3v) is 4.23. The maximum absolute atomic E-state index is 12.7. The van der Waals surface area contributed by atoms with Gasteiger partial charge in [0.25, 0.3) is 11.5 Å². The standard InChI is InChI=1S/C18H18N4O4/c1-10-9-19-15-13(17(24)22(3)18(25)21(15)2)14(10)20-16(23)11-6-5-7-12(8-11)26-4/h5-9H,1-4H3,(H,19,20,23). The number of amides is 1. The summed E-state index contributed by atoms with van der Waals surface area (Å²) in [4.78, 5) is 41.6. The van der Waals surface area contributed by atoms with Crippen molar-refractivity contribution in [2.75, 3.05) is 12.4 Å². The van der Waals surface area contributed by atoms with Crippen molar-refractivity contribution in [2.24, 2.45) is 14.1 Å². The van der Waals surface area contributed by atoms with Crippen LogP contribution in [0.3, 0.4) is 0 Å². The highest BCUT2D eigenvalue weighted by Gasteiger charge is 2.18. The lowest BCUT2D eigenvalue weighted by atomic mass is 10.1. The molecule has 1 N–H and O–H groups in total. The van der Waals surface area contributed by atoms with E-state index in [1.165, 1.54) is 32.0 Å².